The Labute approximate surface area is 162 Å². The van der Waals surface area contributed by atoms with Crippen LogP contribution in [0, 0.1) is 13.8 Å². The number of aryl methyl sites for hydroxylation is 2. The van der Waals surface area contributed by atoms with Crippen molar-refractivity contribution in [3.05, 3.63) is 88.2 Å². The van der Waals surface area contributed by atoms with Crippen LogP contribution < -0.4 is 5.32 Å². The summed E-state index contributed by atoms with van der Waals surface area (Å²) in [5.41, 5.74) is 5.21. The van der Waals surface area contributed by atoms with Gasteiger partial charge in [0.1, 0.15) is 5.69 Å². The molecular weight excluding hydrogens is 354 g/mol. The number of rotatable bonds is 5. The standard InChI is InChI=1S/C22H21N3OS/c1-15-5-7-17(8-6-15)14-25-19-10-16(2)27-21(19)11-20(25)22(26)24-13-18-4-3-9-23-12-18/h3-12H,13-14H2,1-2H3,(H,24,26). The highest BCUT2D eigenvalue weighted by Crippen LogP contribution is 2.29. The molecule has 0 bridgehead atoms. The maximum absolute atomic E-state index is 12.9. The fourth-order valence-electron chi connectivity index (χ4n) is 3.18. The van der Waals surface area contributed by atoms with E-state index in [-0.39, 0.29) is 5.91 Å². The van der Waals surface area contributed by atoms with Gasteiger partial charge in [0.25, 0.3) is 5.91 Å². The Kier molecular flexibility index (Phi) is 4.77. The average molecular weight is 375 g/mol. The zero-order valence-electron chi connectivity index (χ0n) is 15.4. The fraction of sp³-hybridized carbons (Fsp3) is 0.182. The molecule has 0 radical (unpaired) electrons. The van der Waals surface area contributed by atoms with Crippen molar-refractivity contribution in [1.82, 2.24) is 14.9 Å². The van der Waals surface area contributed by atoms with E-state index in [2.05, 4.69) is 59.0 Å². The second kappa shape index (κ2) is 7.37. The van der Waals surface area contributed by atoms with E-state index in [0.29, 0.717) is 18.8 Å². The first-order valence-electron chi connectivity index (χ1n) is 8.92. The molecule has 0 unspecified atom stereocenters. The lowest BCUT2D eigenvalue weighted by Gasteiger charge is -2.11. The number of pyridine rings is 1. The summed E-state index contributed by atoms with van der Waals surface area (Å²) in [5, 5.41) is 3.02. The molecule has 4 aromatic rings. The summed E-state index contributed by atoms with van der Waals surface area (Å²) < 4.78 is 3.26. The number of amides is 1. The number of carbonyl (C=O) groups is 1. The van der Waals surface area contributed by atoms with Crippen molar-refractivity contribution in [2.45, 2.75) is 26.9 Å². The van der Waals surface area contributed by atoms with Gasteiger partial charge in [0.05, 0.1) is 10.2 Å². The van der Waals surface area contributed by atoms with E-state index >= 15 is 0 Å². The van der Waals surface area contributed by atoms with E-state index in [4.69, 9.17) is 0 Å². The first-order chi connectivity index (χ1) is 13.1. The largest absolute Gasteiger partial charge is 0.347 e. The first-order valence-corrected chi connectivity index (χ1v) is 9.74. The van der Waals surface area contributed by atoms with E-state index in [9.17, 15) is 4.79 Å². The summed E-state index contributed by atoms with van der Waals surface area (Å²) in [6, 6.07) is 16.5. The number of fused-ring (bicyclic) bond motifs is 1. The number of carbonyl (C=O) groups excluding carboxylic acids is 1. The predicted octanol–water partition coefficient (Wildman–Crippen LogP) is 4.69. The number of hydrogen-bond acceptors (Lipinski definition) is 3. The molecule has 1 amide bonds. The van der Waals surface area contributed by atoms with Gasteiger partial charge in [-0.2, -0.15) is 0 Å². The molecule has 1 N–H and O–H groups in total. The Bertz CT molecular complexity index is 1080. The molecule has 4 nitrogen and oxygen atoms in total. The van der Waals surface area contributed by atoms with E-state index in [1.807, 2.05) is 18.2 Å². The van der Waals surface area contributed by atoms with E-state index in [0.717, 1.165) is 15.8 Å². The van der Waals surface area contributed by atoms with Gasteiger partial charge in [-0.25, -0.2) is 0 Å². The Morgan fingerprint density at radius 2 is 1.93 bits per heavy atom. The smallest absolute Gasteiger partial charge is 0.268 e. The maximum Gasteiger partial charge on any atom is 0.268 e. The quantitative estimate of drug-likeness (QED) is 0.550. The number of nitrogens with one attached hydrogen (secondary N) is 1. The summed E-state index contributed by atoms with van der Waals surface area (Å²) in [4.78, 5) is 18.2. The third kappa shape index (κ3) is 3.78. The van der Waals surface area contributed by atoms with Crippen LogP contribution in [0.5, 0.6) is 0 Å². The molecule has 4 rings (SSSR count). The molecule has 0 atom stereocenters. The Morgan fingerprint density at radius 1 is 1.11 bits per heavy atom. The van der Waals surface area contributed by atoms with Crippen LogP contribution in [0.2, 0.25) is 0 Å². The molecule has 0 saturated carbocycles. The van der Waals surface area contributed by atoms with Crippen LogP contribution in [0.3, 0.4) is 0 Å². The number of aromatic nitrogens is 2. The van der Waals surface area contributed by atoms with Gasteiger partial charge in [0.2, 0.25) is 0 Å². The number of benzene rings is 1. The van der Waals surface area contributed by atoms with Crippen molar-refractivity contribution in [1.29, 1.82) is 0 Å². The third-order valence-corrected chi connectivity index (χ3v) is 5.57. The van der Waals surface area contributed by atoms with Crippen LogP contribution in [-0.2, 0) is 13.1 Å². The summed E-state index contributed by atoms with van der Waals surface area (Å²) in [6.45, 7) is 5.32. The van der Waals surface area contributed by atoms with Crippen molar-refractivity contribution in [3.63, 3.8) is 0 Å². The zero-order valence-corrected chi connectivity index (χ0v) is 16.2. The SMILES string of the molecule is Cc1ccc(Cn2c(C(=O)NCc3cccnc3)cc3sc(C)cc32)cc1. The van der Waals surface area contributed by atoms with Crippen molar-refractivity contribution < 1.29 is 4.79 Å². The highest BCUT2D eigenvalue weighted by molar-refractivity contribution is 7.19. The van der Waals surface area contributed by atoms with E-state index in [1.165, 1.54) is 16.0 Å². The second-order valence-corrected chi connectivity index (χ2v) is 8.04. The number of nitrogens with zero attached hydrogens (tertiary/aromatic N) is 2. The van der Waals surface area contributed by atoms with Gasteiger partial charge in [-0.1, -0.05) is 35.9 Å². The number of hydrogen-bond donors (Lipinski definition) is 1. The molecule has 3 aromatic heterocycles. The van der Waals surface area contributed by atoms with Crippen LogP contribution >= 0.6 is 11.3 Å². The molecule has 0 aliphatic rings. The molecule has 0 fully saturated rings. The van der Waals surface area contributed by atoms with Crippen LogP contribution in [0.1, 0.15) is 32.1 Å². The van der Waals surface area contributed by atoms with Crippen LogP contribution in [0.25, 0.3) is 10.2 Å². The lowest BCUT2D eigenvalue weighted by atomic mass is 10.1. The molecule has 3 heterocycles. The van der Waals surface area contributed by atoms with Crippen molar-refractivity contribution in [2.75, 3.05) is 0 Å². The highest BCUT2D eigenvalue weighted by Gasteiger charge is 2.17. The van der Waals surface area contributed by atoms with Gasteiger partial charge in [0.15, 0.2) is 0 Å². The van der Waals surface area contributed by atoms with Crippen LogP contribution in [0.15, 0.2) is 60.9 Å². The van der Waals surface area contributed by atoms with Crippen molar-refractivity contribution >= 4 is 27.5 Å². The minimum absolute atomic E-state index is 0.0629. The molecule has 1 aromatic carbocycles. The summed E-state index contributed by atoms with van der Waals surface area (Å²) >= 11 is 1.72. The zero-order chi connectivity index (χ0) is 18.8. The van der Waals surface area contributed by atoms with Gasteiger partial charge >= 0.3 is 0 Å². The third-order valence-electron chi connectivity index (χ3n) is 4.58. The lowest BCUT2D eigenvalue weighted by Crippen LogP contribution is -2.25. The van der Waals surface area contributed by atoms with E-state index in [1.54, 1.807) is 23.7 Å². The van der Waals surface area contributed by atoms with E-state index < -0.39 is 0 Å². The molecule has 27 heavy (non-hydrogen) atoms. The highest BCUT2D eigenvalue weighted by atomic mass is 32.1. The summed E-state index contributed by atoms with van der Waals surface area (Å²) in [5.74, 6) is -0.0629. The predicted molar refractivity (Wildman–Crippen MR) is 110 cm³/mol. The molecule has 0 saturated heterocycles. The van der Waals surface area contributed by atoms with Gasteiger partial charge in [-0.15, -0.1) is 11.3 Å². The molecule has 0 spiro atoms. The maximum atomic E-state index is 12.9. The monoisotopic (exact) mass is 375 g/mol. The Balaban J connectivity index is 1.64. The normalized spacial score (nSPS) is 11.0. The minimum atomic E-state index is -0.0629. The lowest BCUT2D eigenvalue weighted by molar-refractivity contribution is 0.0942. The van der Waals surface area contributed by atoms with Crippen LogP contribution in [0.4, 0.5) is 0 Å². The molecule has 136 valence electrons. The molecule has 0 aliphatic carbocycles. The minimum Gasteiger partial charge on any atom is -0.347 e. The Hall–Kier alpha value is -2.92. The molecule has 5 heteroatoms. The van der Waals surface area contributed by atoms with Gasteiger partial charge in [-0.3, -0.25) is 9.78 Å². The number of thiophene rings is 1. The fourth-order valence-corrected chi connectivity index (χ4v) is 4.14. The van der Waals surface area contributed by atoms with Crippen LogP contribution in [-0.4, -0.2) is 15.5 Å². The molecular formula is C22H21N3OS. The average Bonchev–Trinajstić information content (AvgIpc) is 3.19. The van der Waals surface area contributed by atoms with Crippen molar-refractivity contribution in [2.24, 2.45) is 0 Å². The topological polar surface area (TPSA) is 46.9 Å². The Morgan fingerprint density at radius 3 is 2.67 bits per heavy atom. The second-order valence-electron chi connectivity index (χ2n) is 6.75. The van der Waals surface area contributed by atoms with Crippen molar-refractivity contribution in [3.8, 4) is 0 Å². The summed E-state index contributed by atoms with van der Waals surface area (Å²) in [7, 11) is 0. The first kappa shape index (κ1) is 17.5. The van der Waals surface area contributed by atoms with Gasteiger partial charge in [-0.05, 0) is 43.2 Å². The van der Waals surface area contributed by atoms with Gasteiger partial charge < -0.3 is 9.88 Å². The van der Waals surface area contributed by atoms with Gasteiger partial charge in [0, 0.05) is 30.4 Å². The summed E-state index contributed by atoms with van der Waals surface area (Å²) in [6.07, 6.45) is 3.50. The molecule has 0 aliphatic heterocycles.